The van der Waals surface area contributed by atoms with E-state index in [0.717, 1.165) is 5.56 Å². The summed E-state index contributed by atoms with van der Waals surface area (Å²) < 4.78 is 10.4. The number of hydrogen-bond acceptors (Lipinski definition) is 3. The lowest BCUT2D eigenvalue weighted by Gasteiger charge is -2.16. The van der Waals surface area contributed by atoms with Crippen molar-refractivity contribution in [2.45, 2.75) is 13.0 Å². The van der Waals surface area contributed by atoms with Crippen molar-refractivity contribution in [3.63, 3.8) is 0 Å². The second-order valence-corrected chi connectivity index (χ2v) is 3.26. The summed E-state index contributed by atoms with van der Waals surface area (Å²) in [5.74, 6) is 1.22. The number of methoxy groups -OCH3 is 2. The lowest BCUT2D eigenvalue weighted by atomic mass is 10.0. The maximum atomic E-state index is 9.77. The zero-order chi connectivity index (χ0) is 11.4. The van der Waals surface area contributed by atoms with Crippen LogP contribution in [0.4, 0.5) is 0 Å². The molecule has 0 aliphatic rings. The molecule has 0 aliphatic carbocycles. The van der Waals surface area contributed by atoms with Gasteiger partial charge >= 0.3 is 0 Å². The fourth-order valence-electron chi connectivity index (χ4n) is 1.48. The van der Waals surface area contributed by atoms with E-state index >= 15 is 0 Å². The molecule has 1 rings (SSSR count). The van der Waals surface area contributed by atoms with Crippen molar-refractivity contribution in [3.05, 3.63) is 35.9 Å². The predicted molar refractivity (Wildman–Crippen MR) is 59.4 cm³/mol. The molecule has 0 saturated heterocycles. The zero-order valence-corrected chi connectivity index (χ0v) is 9.28. The van der Waals surface area contributed by atoms with Crippen molar-refractivity contribution in [2.75, 3.05) is 14.2 Å². The first-order chi connectivity index (χ1) is 7.13. The summed E-state index contributed by atoms with van der Waals surface area (Å²) in [5, 5.41) is 9.77. The summed E-state index contributed by atoms with van der Waals surface area (Å²) in [5.41, 5.74) is 1.63. The molecule has 0 aliphatic heterocycles. The van der Waals surface area contributed by atoms with Gasteiger partial charge in [-0.1, -0.05) is 6.08 Å². The smallest absolute Gasteiger partial charge is 0.128 e. The summed E-state index contributed by atoms with van der Waals surface area (Å²) in [6, 6.07) is 3.70. The average molecular weight is 208 g/mol. The molecule has 0 radical (unpaired) electrons. The van der Waals surface area contributed by atoms with E-state index in [4.69, 9.17) is 9.47 Å². The molecule has 0 aromatic heterocycles. The molecule has 0 spiro atoms. The average Bonchev–Trinajstić information content (AvgIpc) is 2.26. The van der Waals surface area contributed by atoms with Crippen LogP contribution in [0.25, 0.3) is 0 Å². The van der Waals surface area contributed by atoms with Crippen molar-refractivity contribution in [1.82, 2.24) is 0 Å². The second-order valence-electron chi connectivity index (χ2n) is 3.26. The van der Waals surface area contributed by atoms with E-state index in [1.165, 1.54) is 6.08 Å². The van der Waals surface area contributed by atoms with Crippen LogP contribution < -0.4 is 9.47 Å². The van der Waals surface area contributed by atoms with Crippen LogP contribution in [0.3, 0.4) is 0 Å². The highest BCUT2D eigenvalue weighted by molar-refractivity contribution is 5.50. The van der Waals surface area contributed by atoms with Gasteiger partial charge in [0.1, 0.15) is 17.6 Å². The monoisotopic (exact) mass is 208 g/mol. The van der Waals surface area contributed by atoms with Gasteiger partial charge in [-0.25, -0.2) is 0 Å². The molecule has 3 nitrogen and oxygen atoms in total. The van der Waals surface area contributed by atoms with Crippen LogP contribution in [-0.4, -0.2) is 19.3 Å². The number of aryl methyl sites for hydroxylation is 1. The number of ether oxygens (including phenoxy) is 2. The van der Waals surface area contributed by atoms with Gasteiger partial charge in [0.25, 0.3) is 0 Å². The van der Waals surface area contributed by atoms with Crippen molar-refractivity contribution in [1.29, 1.82) is 0 Å². The molecule has 0 fully saturated rings. The third-order valence-corrected chi connectivity index (χ3v) is 2.21. The minimum Gasteiger partial charge on any atom is -0.496 e. The van der Waals surface area contributed by atoms with Gasteiger partial charge in [-0.3, -0.25) is 0 Å². The highest BCUT2D eigenvalue weighted by atomic mass is 16.5. The van der Waals surface area contributed by atoms with Crippen LogP contribution >= 0.6 is 0 Å². The van der Waals surface area contributed by atoms with Gasteiger partial charge in [0.05, 0.1) is 19.8 Å². The third-order valence-electron chi connectivity index (χ3n) is 2.21. The molecular weight excluding hydrogens is 192 g/mol. The van der Waals surface area contributed by atoms with Gasteiger partial charge in [-0.2, -0.15) is 0 Å². The van der Waals surface area contributed by atoms with Gasteiger partial charge < -0.3 is 14.6 Å². The normalized spacial score (nSPS) is 12.0. The molecule has 1 atom stereocenters. The molecule has 15 heavy (non-hydrogen) atoms. The Kier molecular flexibility index (Phi) is 3.74. The van der Waals surface area contributed by atoms with Gasteiger partial charge in [0.2, 0.25) is 0 Å². The van der Waals surface area contributed by atoms with E-state index in [2.05, 4.69) is 6.58 Å². The van der Waals surface area contributed by atoms with Gasteiger partial charge in [0, 0.05) is 0 Å². The van der Waals surface area contributed by atoms with E-state index < -0.39 is 6.10 Å². The van der Waals surface area contributed by atoms with Gasteiger partial charge in [0.15, 0.2) is 0 Å². The molecule has 1 unspecified atom stereocenters. The van der Waals surface area contributed by atoms with Crippen molar-refractivity contribution in [2.24, 2.45) is 0 Å². The van der Waals surface area contributed by atoms with Gasteiger partial charge in [-0.05, 0) is 24.6 Å². The number of rotatable bonds is 4. The minimum absolute atomic E-state index is 0.610. The molecule has 0 saturated carbocycles. The maximum Gasteiger partial charge on any atom is 0.128 e. The number of benzene rings is 1. The predicted octanol–water partition coefficient (Wildman–Crippen LogP) is 2.23. The lowest BCUT2D eigenvalue weighted by molar-refractivity contribution is 0.217. The van der Waals surface area contributed by atoms with E-state index in [0.29, 0.717) is 17.1 Å². The topological polar surface area (TPSA) is 38.7 Å². The van der Waals surface area contributed by atoms with Crippen LogP contribution in [0.15, 0.2) is 24.8 Å². The molecule has 0 heterocycles. The first-order valence-electron chi connectivity index (χ1n) is 4.67. The van der Waals surface area contributed by atoms with Gasteiger partial charge in [-0.15, -0.1) is 6.58 Å². The Bertz CT molecular complexity index is 333. The Labute approximate surface area is 90.0 Å². The fourth-order valence-corrected chi connectivity index (χ4v) is 1.48. The molecular formula is C12H16O3. The largest absolute Gasteiger partial charge is 0.496 e. The standard InChI is InChI=1S/C12H16O3/c1-5-9(13)12-10(14-3)6-8(2)7-11(12)15-4/h5-7,9,13H,1H2,2-4H3. The second kappa shape index (κ2) is 4.84. The number of aliphatic hydroxyl groups excluding tert-OH is 1. The summed E-state index contributed by atoms with van der Waals surface area (Å²) in [6.45, 7) is 5.49. The van der Waals surface area contributed by atoms with Crippen LogP contribution in [0, 0.1) is 6.92 Å². The molecule has 0 amide bonds. The molecule has 1 N–H and O–H groups in total. The molecule has 0 bridgehead atoms. The highest BCUT2D eigenvalue weighted by Crippen LogP contribution is 2.35. The lowest BCUT2D eigenvalue weighted by Crippen LogP contribution is -2.01. The Morgan fingerprint density at radius 1 is 1.27 bits per heavy atom. The maximum absolute atomic E-state index is 9.77. The Morgan fingerprint density at radius 3 is 2.07 bits per heavy atom. The fraction of sp³-hybridized carbons (Fsp3) is 0.333. The summed E-state index contributed by atoms with van der Waals surface area (Å²) in [7, 11) is 3.13. The Morgan fingerprint density at radius 2 is 1.73 bits per heavy atom. The zero-order valence-electron chi connectivity index (χ0n) is 9.28. The quantitative estimate of drug-likeness (QED) is 0.771. The molecule has 82 valence electrons. The SMILES string of the molecule is C=CC(O)c1c(OC)cc(C)cc1OC. The molecule has 3 heteroatoms. The summed E-state index contributed by atoms with van der Waals surface area (Å²) in [4.78, 5) is 0. The van der Waals surface area contributed by atoms with Crippen molar-refractivity contribution < 1.29 is 14.6 Å². The summed E-state index contributed by atoms with van der Waals surface area (Å²) >= 11 is 0. The first-order valence-corrected chi connectivity index (χ1v) is 4.67. The summed E-state index contributed by atoms with van der Waals surface area (Å²) in [6.07, 6.45) is 0.658. The van der Waals surface area contributed by atoms with Crippen molar-refractivity contribution in [3.8, 4) is 11.5 Å². The van der Waals surface area contributed by atoms with E-state index in [1.807, 2.05) is 19.1 Å². The number of aliphatic hydroxyl groups is 1. The Balaban J connectivity index is 3.36. The van der Waals surface area contributed by atoms with Crippen LogP contribution in [0.5, 0.6) is 11.5 Å². The van der Waals surface area contributed by atoms with E-state index in [9.17, 15) is 5.11 Å². The van der Waals surface area contributed by atoms with E-state index in [-0.39, 0.29) is 0 Å². The minimum atomic E-state index is -0.782. The third kappa shape index (κ3) is 2.30. The highest BCUT2D eigenvalue weighted by Gasteiger charge is 2.16. The number of hydrogen-bond donors (Lipinski definition) is 1. The molecule has 1 aromatic rings. The van der Waals surface area contributed by atoms with Crippen LogP contribution in [0.2, 0.25) is 0 Å². The van der Waals surface area contributed by atoms with E-state index in [1.54, 1.807) is 14.2 Å². The van der Waals surface area contributed by atoms with Crippen LogP contribution in [-0.2, 0) is 0 Å². The Hall–Kier alpha value is -1.48. The van der Waals surface area contributed by atoms with Crippen LogP contribution in [0.1, 0.15) is 17.2 Å². The van der Waals surface area contributed by atoms with Crippen molar-refractivity contribution >= 4 is 0 Å². The molecule has 1 aromatic carbocycles. The first kappa shape index (κ1) is 11.6.